The maximum absolute atomic E-state index is 12.9. The fourth-order valence-corrected chi connectivity index (χ4v) is 2.88. The molecule has 0 fully saturated rings. The molecule has 0 saturated carbocycles. The minimum absolute atomic E-state index is 0.156. The maximum atomic E-state index is 12.9. The zero-order chi connectivity index (χ0) is 18.7. The first-order chi connectivity index (χ1) is 12.5. The number of ether oxygens (including phenoxy) is 2. The predicted molar refractivity (Wildman–Crippen MR) is 101 cm³/mol. The maximum Gasteiger partial charge on any atom is 0.255 e. The summed E-state index contributed by atoms with van der Waals surface area (Å²) in [4.78, 5) is 20.8. The van der Waals surface area contributed by atoms with E-state index in [0.717, 1.165) is 16.9 Å². The molecule has 0 aliphatic carbocycles. The lowest BCUT2D eigenvalue weighted by Gasteiger charge is -2.21. The van der Waals surface area contributed by atoms with Gasteiger partial charge < -0.3 is 19.8 Å². The number of para-hydroxylation sites is 2. The highest BCUT2D eigenvalue weighted by Crippen LogP contribution is 2.27. The summed E-state index contributed by atoms with van der Waals surface area (Å²) in [7, 11) is 3.11. The van der Waals surface area contributed by atoms with Gasteiger partial charge in [-0.15, -0.1) is 0 Å². The van der Waals surface area contributed by atoms with Crippen LogP contribution in [0.15, 0.2) is 42.5 Å². The van der Waals surface area contributed by atoms with E-state index in [4.69, 9.17) is 9.47 Å². The first kappa shape index (κ1) is 17.8. The first-order valence-electron chi connectivity index (χ1n) is 8.51. The number of aromatic nitrogens is 2. The molecule has 6 nitrogen and oxygen atoms in total. The number of amides is 1. The number of carbonyl (C=O) groups is 1. The van der Waals surface area contributed by atoms with Crippen LogP contribution in [0.25, 0.3) is 11.0 Å². The number of methoxy groups -OCH3 is 2. The van der Waals surface area contributed by atoms with Gasteiger partial charge in [0.15, 0.2) is 0 Å². The van der Waals surface area contributed by atoms with E-state index in [-0.39, 0.29) is 17.9 Å². The monoisotopic (exact) mass is 353 g/mol. The Balaban J connectivity index is 1.89. The molecule has 1 aromatic heterocycles. The molecular weight excluding hydrogens is 330 g/mol. The van der Waals surface area contributed by atoms with E-state index < -0.39 is 0 Å². The van der Waals surface area contributed by atoms with Crippen molar-refractivity contribution in [1.82, 2.24) is 15.3 Å². The van der Waals surface area contributed by atoms with E-state index in [1.165, 1.54) is 7.11 Å². The molecule has 26 heavy (non-hydrogen) atoms. The molecule has 1 amide bonds. The van der Waals surface area contributed by atoms with Crippen molar-refractivity contribution in [1.29, 1.82) is 0 Å². The molecule has 0 bridgehead atoms. The third kappa shape index (κ3) is 3.49. The number of nitrogens with zero attached hydrogens (tertiary/aromatic N) is 1. The summed E-state index contributed by atoms with van der Waals surface area (Å²) in [6.45, 7) is 4.09. The van der Waals surface area contributed by atoms with Crippen molar-refractivity contribution in [3.63, 3.8) is 0 Å². The molecule has 0 aliphatic heterocycles. The molecule has 1 atom stereocenters. The number of imidazole rings is 1. The first-order valence-corrected chi connectivity index (χ1v) is 8.51. The second kappa shape index (κ2) is 7.47. The molecule has 1 unspecified atom stereocenters. The highest BCUT2D eigenvalue weighted by Gasteiger charge is 2.24. The standard InChI is InChI=1S/C20H23N3O3/c1-12(2)18(19-21-15-7-5-6-8-16(15)22-19)23-20(24)14-10-9-13(25-3)11-17(14)26-4/h5-12,18H,1-4H3,(H,21,22)(H,23,24). The van der Waals surface area contributed by atoms with Gasteiger partial charge in [0.2, 0.25) is 0 Å². The second-order valence-electron chi connectivity index (χ2n) is 6.40. The van der Waals surface area contributed by atoms with Crippen molar-refractivity contribution in [2.45, 2.75) is 19.9 Å². The van der Waals surface area contributed by atoms with Gasteiger partial charge in [-0.1, -0.05) is 26.0 Å². The van der Waals surface area contributed by atoms with Crippen LogP contribution in [0.5, 0.6) is 11.5 Å². The Labute approximate surface area is 152 Å². The van der Waals surface area contributed by atoms with Crippen LogP contribution in [-0.2, 0) is 0 Å². The number of hydrogen-bond acceptors (Lipinski definition) is 4. The molecule has 1 heterocycles. The molecule has 0 spiro atoms. The van der Waals surface area contributed by atoms with Crippen LogP contribution in [-0.4, -0.2) is 30.1 Å². The quantitative estimate of drug-likeness (QED) is 0.708. The summed E-state index contributed by atoms with van der Waals surface area (Å²) in [6, 6.07) is 12.7. The molecular formula is C20H23N3O3. The lowest BCUT2D eigenvalue weighted by Crippen LogP contribution is -2.32. The Morgan fingerprint density at radius 3 is 2.54 bits per heavy atom. The lowest BCUT2D eigenvalue weighted by atomic mass is 10.0. The smallest absolute Gasteiger partial charge is 0.255 e. The van der Waals surface area contributed by atoms with Crippen molar-refractivity contribution in [2.24, 2.45) is 5.92 Å². The van der Waals surface area contributed by atoms with Crippen molar-refractivity contribution >= 4 is 16.9 Å². The molecule has 0 radical (unpaired) electrons. The molecule has 136 valence electrons. The van der Waals surface area contributed by atoms with E-state index in [1.54, 1.807) is 25.3 Å². The van der Waals surface area contributed by atoms with Crippen molar-refractivity contribution in [3.05, 3.63) is 53.9 Å². The number of carbonyl (C=O) groups excluding carboxylic acids is 1. The summed E-state index contributed by atoms with van der Waals surface area (Å²) in [5, 5.41) is 3.07. The van der Waals surface area contributed by atoms with Gasteiger partial charge in [-0.3, -0.25) is 4.79 Å². The minimum atomic E-state index is -0.248. The number of nitrogens with one attached hydrogen (secondary N) is 2. The number of H-pyrrole nitrogens is 1. The highest BCUT2D eigenvalue weighted by molar-refractivity contribution is 5.97. The van der Waals surface area contributed by atoms with Gasteiger partial charge >= 0.3 is 0 Å². The fraction of sp³-hybridized carbons (Fsp3) is 0.300. The van der Waals surface area contributed by atoms with Gasteiger partial charge in [-0.25, -0.2) is 4.98 Å². The van der Waals surface area contributed by atoms with Gasteiger partial charge in [0.1, 0.15) is 17.3 Å². The number of aromatic amines is 1. The molecule has 6 heteroatoms. The Morgan fingerprint density at radius 2 is 1.88 bits per heavy atom. The Morgan fingerprint density at radius 1 is 1.12 bits per heavy atom. The van der Waals surface area contributed by atoms with E-state index in [0.29, 0.717) is 17.1 Å². The molecule has 2 N–H and O–H groups in total. The highest BCUT2D eigenvalue weighted by atomic mass is 16.5. The molecule has 0 saturated heterocycles. The normalized spacial score (nSPS) is 12.2. The average molecular weight is 353 g/mol. The van der Waals surface area contributed by atoms with Crippen molar-refractivity contribution in [2.75, 3.05) is 14.2 Å². The van der Waals surface area contributed by atoms with Crippen LogP contribution in [0, 0.1) is 5.92 Å². The number of benzene rings is 2. The van der Waals surface area contributed by atoms with E-state index >= 15 is 0 Å². The van der Waals surface area contributed by atoms with E-state index in [1.807, 2.05) is 38.1 Å². The van der Waals surface area contributed by atoms with Gasteiger partial charge in [0.05, 0.1) is 36.9 Å². The predicted octanol–water partition coefficient (Wildman–Crippen LogP) is 3.71. The zero-order valence-electron chi connectivity index (χ0n) is 15.4. The SMILES string of the molecule is COc1ccc(C(=O)NC(c2nc3ccccc3[nH]2)C(C)C)c(OC)c1. The van der Waals surface area contributed by atoms with Crippen molar-refractivity contribution < 1.29 is 14.3 Å². The summed E-state index contributed by atoms with van der Waals surface area (Å²) in [6.07, 6.45) is 0. The van der Waals surface area contributed by atoms with E-state index in [2.05, 4.69) is 15.3 Å². The van der Waals surface area contributed by atoms with Gasteiger partial charge in [-0.05, 0) is 30.2 Å². The van der Waals surface area contributed by atoms with E-state index in [9.17, 15) is 4.79 Å². The molecule has 0 aliphatic rings. The van der Waals surface area contributed by atoms with Crippen LogP contribution in [0.4, 0.5) is 0 Å². The topological polar surface area (TPSA) is 76.2 Å². The van der Waals surface area contributed by atoms with Gasteiger partial charge in [0.25, 0.3) is 5.91 Å². The van der Waals surface area contributed by atoms with Gasteiger partial charge in [0, 0.05) is 6.07 Å². The van der Waals surface area contributed by atoms with Crippen LogP contribution >= 0.6 is 0 Å². The summed E-state index contributed by atoms with van der Waals surface area (Å²) in [5.74, 6) is 1.78. The van der Waals surface area contributed by atoms with Gasteiger partial charge in [-0.2, -0.15) is 0 Å². The lowest BCUT2D eigenvalue weighted by molar-refractivity contribution is 0.0920. The van der Waals surface area contributed by atoms with Crippen molar-refractivity contribution in [3.8, 4) is 11.5 Å². The van der Waals surface area contributed by atoms with Crippen LogP contribution in [0.2, 0.25) is 0 Å². The molecule has 3 rings (SSSR count). The Hall–Kier alpha value is -3.02. The largest absolute Gasteiger partial charge is 0.497 e. The fourth-order valence-electron chi connectivity index (χ4n) is 2.88. The van der Waals surface area contributed by atoms with Crippen LogP contribution < -0.4 is 14.8 Å². The molecule has 2 aromatic carbocycles. The number of hydrogen-bond donors (Lipinski definition) is 2. The minimum Gasteiger partial charge on any atom is -0.497 e. The van der Waals surface area contributed by atoms with Crippen LogP contribution in [0.3, 0.4) is 0 Å². The van der Waals surface area contributed by atoms with Crippen LogP contribution in [0.1, 0.15) is 36.1 Å². The molecule has 3 aromatic rings. The third-order valence-corrected chi connectivity index (χ3v) is 4.31. The second-order valence-corrected chi connectivity index (χ2v) is 6.40. The Bertz CT molecular complexity index is 885. The Kier molecular flexibility index (Phi) is 5.11. The average Bonchev–Trinajstić information content (AvgIpc) is 3.08. The number of rotatable bonds is 6. The zero-order valence-corrected chi connectivity index (χ0v) is 15.4. The summed E-state index contributed by atoms with van der Waals surface area (Å²) < 4.78 is 10.5. The number of fused-ring (bicyclic) bond motifs is 1. The third-order valence-electron chi connectivity index (χ3n) is 4.31. The summed E-state index contributed by atoms with van der Waals surface area (Å²) >= 11 is 0. The summed E-state index contributed by atoms with van der Waals surface area (Å²) in [5.41, 5.74) is 2.28.